The molecule has 0 saturated heterocycles. The maximum absolute atomic E-state index is 10.8. The summed E-state index contributed by atoms with van der Waals surface area (Å²) in [7, 11) is 0. The lowest BCUT2D eigenvalue weighted by atomic mass is 9.98. The average Bonchev–Trinajstić information content (AvgIpc) is 2.27. The van der Waals surface area contributed by atoms with Gasteiger partial charge < -0.3 is 9.84 Å². The van der Waals surface area contributed by atoms with Crippen LogP contribution in [-0.4, -0.2) is 16.7 Å². The predicted molar refractivity (Wildman–Crippen MR) is 66.7 cm³/mol. The molecule has 0 amide bonds. The second-order valence-corrected chi connectivity index (χ2v) is 4.29. The second kappa shape index (κ2) is 6.21. The first-order valence-corrected chi connectivity index (χ1v) is 5.56. The first-order valence-electron chi connectivity index (χ1n) is 5.56. The van der Waals surface area contributed by atoms with Crippen LogP contribution in [0.4, 0.5) is 0 Å². The highest BCUT2D eigenvalue weighted by Gasteiger charge is 2.27. The first-order chi connectivity index (χ1) is 8.06. The third-order valence-corrected chi connectivity index (χ3v) is 2.53. The maximum Gasteiger partial charge on any atom is 0.306 e. The first kappa shape index (κ1) is 13.5. The van der Waals surface area contributed by atoms with E-state index in [0.717, 1.165) is 5.56 Å². The molecule has 1 atom stereocenters. The lowest BCUT2D eigenvalue weighted by molar-refractivity contribution is -0.145. The van der Waals surface area contributed by atoms with Crippen molar-refractivity contribution in [2.24, 2.45) is 0 Å². The van der Waals surface area contributed by atoms with Crippen LogP contribution in [0, 0.1) is 0 Å². The standard InChI is InChI=1S/C14H18O3/c1-3-9-14(2,10-13(15)16)17-11-12-7-5-4-6-8-12/h3-8H,1,9-11H2,2H3,(H,15,16)/t14-/m1/s1. The number of benzene rings is 1. The van der Waals surface area contributed by atoms with Crippen molar-refractivity contribution >= 4 is 5.97 Å². The van der Waals surface area contributed by atoms with Crippen molar-refractivity contribution in [3.63, 3.8) is 0 Å². The third-order valence-electron chi connectivity index (χ3n) is 2.53. The van der Waals surface area contributed by atoms with Gasteiger partial charge in [0.2, 0.25) is 0 Å². The van der Waals surface area contributed by atoms with Gasteiger partial charge in [-0.05, 0) is 18.9 Å². The van der Waals surface area contributed by atoms with Gasteiger partial charge in [0.25, 0.3) is 0 Å². The van der Waals surface area contributed by atoms with Crippen LogP contribution in [0.3, 0.4) is 0 Å². The molecular weight excluding hydrogens is 216 g/mol. The van der Waals surface area contributed by atoms with Crippen LogP contribution >= 0.6 is 0 Å². The molecule has 0 aliphatic carbocycles. The summed E-state index contributed by atoms with van der Waals surface area (Å²) in [5, 5.41) is 8.86. The van der Waals surface area contributed by atoms with Crippen LogP contribution in [0.2, 0.25) is 0 Å². The fourth-order valence-corrected chi connectivity index (χ4v) is 1.64. The van der Waals surface area contributed by atoms with E-state index in [-0.39, 0.29) is 6.42 Å². The number of aliphatic carboxylic acids is 1. The number of hydrogen-bond donors (Lipinski definition) is 1. The molecule has 0 aromatic heterocycles. The molecule has 0 spiro atoms. The summed E-state index contributed by atoms with van der Waals surface area (Å²) in [6.45, 7) is 5.85. The van der Waals surface area contributed by atoms with Crippen LogP contribution in [0.5, 0.6) is 0 Å². The Kier molecular flexibility index (Phi) is 4.91. The molecule has 0 aliphatic rings. The molecule has 3 nitrogen and oxygen atoms in total. The third kappa shape index (κ3) is 4.83. The Morgan fingerprint density at radius 2 is 2.12 bits per heavy atom. The zero-order valence-corrected chi connectivity index (χ0v) is 10.1. The molecule has 0 bridgehead atoms. The number of carboxylic acid groups (broad SMARTS) is 1. The van der Waals surface area contributed by atoms with Crippen molar-refractivity contribution in [1.82, 2.24) is 0 Å². The van der Waals surface area contributed by atoms with Gasteiger partial charge in [-0.15, -0.1) is 6.58 Å². The molecule has 3 heteroatoms. The van der Waals surface area contributed by atoms with Gasteiger partial charge in [0.15, 0.2) is 0 Å². The van der Waals surface area contributed by atoms with Gasteiger partial charge >= 0.3 is 5.97 Å². The quantitative estimate of drug-likeness (QED) is 0.738. The lowest BCUT2D eigenvalue weighted by Crippen LogP contribution is -2.31. The molecule has 0 unspecified atom stereocenters. The molecule has 0 radical (unpaired) electrons. The van der Waals surface area contributed by atoms with Crippen LogP contribution in [-0.2, 0) is 16.1 Å². The molecule has 1 rings (SSSR count). The van der Waals surface area contributed by atoms with Gasteiger partial charge in [-0.3, -0.25) is 4.79 Å². The number of hydrogen-bond acceptors (Lipinski definition) is 2. The number of ether oxygens (including phenoxy) is 1. The zero-order valence-electron chi connectivity index (χ0n) is 10.1. The predicted octanol–water partition coefficient (Wildman–Crippen LogP) is 3.01. The lowest BCUT2D eigenvalue weighted by Gasteiger charge is -2.27. The summed E-state index contributed by atoms with van der Waals surface area (Å²) in [5.41, 5.74) is 0.344. The van der Waals surface area contributed by atoms with Crippen LogP contribution in [0.25, 0.3) is 0 Å². The van der Waals surface area contributed by atoms with Gasteiger partial charge in [-0.25, -0.2) is 0 Å². The van der Waals surface area contributed by atoms with E-state index < -0.39 is 11.6 Å². The normalized spacial score (nSPS) is 13.9. The minimum Gasteiger partial charge on any atom is -0.481 e. The fourth-order valence-electron chi connectivity index (χ4n) is 1.64. The molecule has 0 saturated carbocycles. The Labute approximate surface area is 102 Å². The number of rotatable bonds is 7. The smallest absolute Gasteiger partial charge is 0.306 e. The van der Waals surface area contributed by atoms with E-state index in [1.165, 1.54) is 0 Å². The van der Waals surface area contributed by atoms with Gasteiger partial charge in [0, 0.05) is 0 Å². The molecule has 1 aromatic carbocycles. The van der Waals surface area contributed by atoms with Crippen LogP contribution < -0.4 is 0 Å². The Balaban J connectivity index is 2.61. The highest BCUT2D eigenvalue weighted by molar-refractivity contribution is 5.68. The molecule has 1 aromatic rings. The van der Waals surface area contributed by atoms with E-state index in [0.29, 0.717) is 13.0 Å². The van der Waals surface area contributed by atoms with Gasteiger partial charge in [-0.2, -0.15) is 0 Å². The Hall–Kier alpha value is -1.61. The molecular formula is C14H18O3. The summed E-state index contributed by atoms with van der Waals surface area (Å²) < 4.78 is 5.71. The number of carbonyl (C=O) groups is 1. The summed E-state index contributed by atoms with van der Waals surface area (Å²) in [6.07, 6.45) is 2.19. The Morgan fingerprint density at radius 1 is 1.47 bits per heavy atom. The minimum absolute atomic E-state index is 0.0220. The summed E-state index contributed by atoms with van der Waals surface area (Å²) in [5.74, 6) is -0.859. The van der Waals surface area contributed by atoms with Crippen molar-refractivity contribution in [3.8, 4) is 0 Å². The summed E-state index contributed by atoms with van der Waals surface area (Å²) in [6, 6.07) is 9.70. The van der Waals surface area contributed by atoms with Crippen LogP contribution in [0.1, 0.15) is 25.3 Å². The highest BCUT2D eigenvalue weighted by Crippen LogP contribution is 2.22. The fraction of sp³-hybridized carbons (Fsp3) is 0.357. The van der Waals surface area contributed by atoms with Gasteiger partial charge in [0.1, 0.15) is 0 Å². The van der Waals surface area contributed by atoms with Gasteiger partial charge in [-0.1, -0.05) is 36.4 Å². The zero-order chi connectivity index (χ0) is 12.7. The van der Waals surface area contributed by atoms with E-state index in [9.17, 15) is 4.79 Å². The Morgan fingerprint density at radius 3 is 2.65 bits per heavy atom. The van der Waals surface area contributed by atoms with E-state index in [1.807, 2.05) is 30.3 Å². The van der Waals surface area contributed by atoms with Crippen molar-refractivity contribution in [2.45, 2.75) is 32.0 Å². The van der Waals surface area contributed by atoms with Crippen molar-refractivity contribution < 1.29 is 14.6 Å². The molecule has 1 N–H and O–H groups in total. The molecule has 0 heterocycles. The molecule has 0 aliphatic heterocycles. The topological polar surface area (TPSA) is 46.5 Å². The van der Waals surface area contributed by atoms with E-state index in [4.69, 9.17) is 9.84 Å². The molecule has 0 fully saturated rings. The average molecular weight is 234 g/mol. The van der Waals surface area contributed by atoms with E-state index in [2.05, 4.69) is 6.58 Å². The SMILES string of the molecule is C=CC[C@](C)(CC(=O)O)OCc1ccccc1. The van der Waals surface area contributed by atoms with Crippen molar-refractivity contribution in [2.75, 3.05) is 0 Å². The molecule has 92 valence electrons. The molecule has 17 heavy (non-hydrogen) atoms. The maximum atomic E-state index is 10.8. The van der Waals surface area contributed by atoms with Crippen molar-refractivity contribution in [3.05, 3.63) is 48.6 Å². The van der Waals surface area contributed by atoms with Gasteiger partial charge in [0.05, 0.1) is 18.6 Å². The van der Waals surface area contributed by atoms with Crippen molar-refractivity contribution in [1.29, 1.82) is 0 Å². The highest BCUT2D eigenvalue weighted by atomic mass is 16.5. The van der Waals surface area contributed by atoms with Crippen LogP contribution in [0.15, 0.2) is 43.0 Å². The van der Waals surface area contributed by atoms with E-state index in [1.54, 1.807) is 13.0 Å². The summed E-state index contributed by atoms with van der Waals surface area (Å²) >= 11 is 0. The summed E-state index contributed by atoms with van der Waals surface area (Å²) in [4.78, 5) is 10.8. The monoisotopic (exact) mass is 234 g/mol. The van der Waals surface area contributed by atoms with E-state index >= 15 is 0 Å². The minimum atomic E-state index is -0.859. The number of carboxylic acids is 1. The second-order valence-electron chi connectivity index (χ2n) is 4.29. The Bertz CT molecular complexity index is 372. The largest absolute Gasteiger partial charge is 0.481 e.